The Bertz CT molecular complexity index is 1070. The molecule has 31 heavy (non-hydrogen) atoms. The highest BCUT2D eigenvalue weighted by molar-refractivity contribution is 7.09. The van der Waals surface area contributed by atoms with Crippen LogP contribution >= 0.6 is 11.3 Å². The van der Waals surface area contributed by atoms with E-state index < -0.39 is 5.97 Å². The fraction of sp³-hybridized carbons (Fsp3) is 0.292. The zero-order chi connectivity index (χ0) is 21.8. The molecule has 0 radical (unpaired) electrons. The van der Waals surface area contributed by atoms with Gasteiger partial charge in [-0.05, 0) is 36.5 Å². The molecule has 6 nitrogen and oxygen atoms in total. The van der Waals surface area contributed by atoms with Crippen LogP contribution in [0.4, 0.5) is 10.5 Å². The Balaban J connectivity index is 1.40. The van der Waals surface area contributed by atoms with Crippen molar-refractivity contribution in [1.29, 1.82) is 0 Å². The van der Waals surface area contributed by atoms with Crippen LogP contribution in [0.15, 0.2) is 53.9 Å². The van der Waals surface area contributed by atoms with Crippen molar-refractivity contribution < 1.29 is 14.7 Å². The van der Waals surface area contributed by atoms with Crippen LogP contribution in [0, 0.1) is 0 Å². The summed E-state index contributed by atoms with van der Waals surface area (Å²) in [5.74, 6) is -0.797. The number of carbonyl (C=O) groups is 2. The van der Waals surface area contributed by atoms with Gasteiger partial charge in [0, 0.05) is 30.0 Å². The lowest BCUT2D eigenvalue weighted by atomic mass is 9.98. The third-order valence-electron chi connectivity index (χ3n) is 5.71. The van der Waals surface area contributed by atoms with E-state index in [0.717, 1.165) is 41.1 Å². The van der Waals surface area contributed by atoms with E-state index in [0.29, 0.717) is 13.1 Å². The van der Waals surface area contributed by atoms with Gasteiger partial charge in [-0.3, -0.25) is 0 Å². The molecule has 0 saturated carbocycles. The molecule has 0 atom stereocenters. The van der Waals surface area contributed by atoms with E-state index in [1.54, 1.807) is 5.38 Å². The van der Waals surface area contributed by atoms with Gasteiger partial charge in [0.15, 0.2) is 5.69 Å². The third kappa shape index (κ3) is 4.77. The van der Waals surface area contributed by atoms with Gasteiger partial charge in [0.25, 0.3) is 0 Å². The van der Waals surface area contributed by atoms with Crippen LogP contribution in [0.2, 0.25) is 0 Å². The minimum Gasteiger partial charge on any atom is -0.476 e. The van der Waals surface area contributed by atoms with E-state index >= 15 is 0 Å². The van der Waals surface area contributed by atoms with Gasteiger partial charge in [-0.25, -0.2) is 14.6 Å². The second-order valence-corrected chi connectivity index (χ2v) is 8.55. The minimum atomic E-state index is -0.998. The fourth-order valence-electron chi connectivity index (χ4n) is 3.86. The molecule has 2 aromatic carbocycles. The Morgan fingerprint density at radius 3 is 2.48 bits per heavy atom. The number of aromatic nitrogens is 1. The van der Waals surface area contributed by atoms with Gasteiger partial charge in [-0.1, -0.05) is 49.4 Å². The Morgan fingerprint density at radius 2 is 1.84 bits per heavy atom. The number of carbonyl (C=O) groups excluding carboxylic acids is 1. The molecular formula is C24H25N3O3S. The molecule has 3 aromatic rings. The van der Waals surface area contributed by atoms with Gasteiger partial charge in [0.2, 0.25) is 0 Å². The van der Waals surface area contributed by atoms with E-state index in [2.05, 4.69) is 41.5 Å². The molecule has 160 valence electrons. The number of nitrogens with zero attached hydrogens (tertiary/aromatic N) is 2. The maximum absolute atomic E-state index is 12.9. The molecule has 7 heteroatoms. The second-order valence-electron chi connectivity index (χ2n) is 7.66. The van der Waals surface area contributed by atoms with Crippen molar-refractivity contribution in [2.75, 3.05) is 18.4 Å². The van der Waals surface area contributed by atoms with Crippen molar-refractivity contribution in [1.82, 2.24) is 9.88 Å². The molecule has 1 saturated heterocycles. The highest BCUT2D eigenvalue weighted by Gasteiger charge is 2.26. The molecule has 4 rings (SSSR count). The first-order valence-corrected chi connectivity index (χ1v) is 11.4. The van der Waals surface area contributed by atoms with Crippen LogP contribution in [0.3, 0.4) is 0 Å². The largest absolute Gasteiger partial charge is 0.476 e. The predicted octanol–water partition coefficient (Wildman–Crippen LogP) is 5.48. The van der Waals surface area contributed by atoms with Gasteiger partial charge >= 0.3 is 12.0 Å². The Morgan fingerprint density at radius 1 is 1.13 bits per heavy atom. The minimum absolute atomic E-state index is 0.101. The monoisotopic (exact) mass is 435 g/mol. The van der Waals surface area contributed by atoms with Crippen molar-refractivity contribution in [2.24, 2.45) is 0 Å². The highest BCUT2D eigenvalue weighted by Crippen LogP contribution is 2.32. The van der Waals surface area contributed by atoms with E-state index in [1.807, 2.05) is 29.2 Å². The van der Waals surface area contributed by atoms with E-state index in [1.165, 1.54) is 16.9 Å². The zero-order valence-electron chi connectivity index (χ0n) is 17.4. The predicted molar refractivity (Wildman–Crippen MR) is 123 cm³/mol. The summed E-state index contributed by atoms with van der Waals surface area (Å²) in [6.07, 6.45) is 2.55. The molecule has 2 N–H and O–H groups in total. The number of aryl methyl sites for hydroxylation is 1. The maximum atomic E-state index is 12.9. The number of amides is 2. The Hall–Kier alpha value is -3.19. The normalized spacial score (nSPS) is 14.4. The van der Waals surface area contributed by atoms with Gasteiger partial charge in [-0.2, -0.15) is 0 Å². The molecule has 0 bridgehead atoms. The van der Waals surface area contributed by atoms with E-state index in [9.17, 15) is 9.59 Å². The Labute approximate surface area is 185 Å². The van der Waals surface area contributed by atoms with Crippen LogP contribution in [0.1, 0.15) is 46.7 Å². The number of anilines is 1. The number of hydrogen-bond acceptors (Lipinski definition) is 4. The quantitative estimate of drug-likeness (QED) is 0.556. The SMILES string of the molecule is CCc1ccc(-c2ccccc2NC(=O)N2CCC(c3nc(C(=O)O)cs3)CC2)cc1. The molecule has 0 aliphatic carbocycles. The lowest BCUT2D eigenvalue weighted by Crippen LogP contribution is -2.40. The average Bonchev–Trinajstić information content (AvgIpc) is 3.30. The second kappa shape index (κ2) is 9.31. The summed E-state index contributed by atoms with van der Waals surface area (Å²) < 4.78 is 0. The highest BCUT2D eigenvalue weighted by atomic mass is 32.1. The number of carboxylic acid groups (broad SMARTS) is 1. The number of nitrogens with one attached hydrogen (secondary N) is 1. The standard InChI is InChI=1S/C24H25N3O3S/c1-2-16-7-9-17(10-8-16)19-5-3-4-6-20(19)26-24(30)27-13-11-18(12-14-27)22-25-21(15-31-22)23(28)29/h3-10,15,18H,2,11-14H2,1H3,(H,26,30)(H,28,29). The molecular weight excluding hydrogens is 410 g/mol. The van der Waals surface area contributed by atoms with Crippen LogP contribution in [0.5, 0.6) is 0 Å². The van der Waals surface area contributed by atoms with Crippen molar-refractivity contribution in [3.8, 4) is 11.1 Å². The topological polar surface area (TPSA) is 82.5 Å². The number of piperidine rings is 1. The van der Waals surface area contributed by atoms with Gasteiger partial charge in [0.1, 0.15) is 0 Å². The number of carboxylic acids is 1. The molecule has 0 spiro atoms. The average molecular weight is 436 g/mol. The van der Waals surface area contributed by atoms with Crippen molar-refractivity contribution >= 4 is 29.0 Å². The smallest absolute Gasteiger partial charge is 0.355 e. The number of benzene rings is 2. The first-order valence-electron chi connectivity index (χ1n) is 10.5. The van der Waals surface area contributed by atoms with Gasteiger partial charge in [-0.15, -0.1) is 11.3 Å². The number of hydrogen-bond donors (Lipinski definition) is 2. The summed E-state index contributed by atoms with van der Waals surface area (Å²) >= 11 is 1.39. The molecule has 0 unspecified atom stereocenters. The molecule has 1 aliphatic heterocycles. The van der Waals surface area contributed by atoms with Crippen LogP contribution in [0.25, 0.3) is 11.1 Å². The molecule has 2 amide bonds. The van der Waals surface area contributed by atoms with Crippen molar-refractivity contribution in [2.45, 2.75) is 32.1 Å². The summed E-state index contributed by atoms with van der Waals surface area (Å²) in [4.78, 5) is 30.0. The summed E-state index contributed by atoms with van der Waals surface area (Å²) in [7, 11) is 0. The lowest BCUT2D eigenvalue weighted by Gasteiger charge is -2.31. The van der Waals surface area contributed by atoms with E-state index in [4.69, 9.17) is 5.11 Å². The van der Waals surface area contributed by atoms with Crippen molar-refractivity contribution in [3.05, 3.63) is 70.2 Å². The number of likely N-dealkylation sites (tertiary alicyclic amines) is 1. The summed E-state index contributed by atoms with van der Waals surface area (Å²) in [5.41, 5.74) is 4.25. The van der Waals surface area contributed by atoms with Gasteiger partial charge in [0.05, 0.1) is 10.7 Å². The summed E-state index contributed by atoms with van der Waals surface area (Å²) in [5, 5.41) is 14.6. The van der Waals surface area contributed by atoms with E-state index in [-0.39, 0.29) is 17.6 Å². The first kappa shape index (κ1) is 21.1. The number of thiazole rings is 1. The Kier molecular flexibility index (Phi) is 6.32. The van der Waals surface area contributed by atoms with Crippen LogP contribution in [-0.4, -0.2) is 40.1 Å². The number of para-hydroxylation sites is 1. The molecule has 1 fully saturated rings. The molecule has 2 heterocycles. The van der Waals surface area contributed by atoms with Crippen LogP contribution < -0.4 is 5.32 Å². The van der Waals surface area contributed by atoms with Gasteiger partial charge < -0.3 is 15.3 Å². The summed E-state index contributed by atoms with van der Waals surface area (Å²) in [6, 6.07) is 16.2. The third-order valence-corrected chi connectivity index (χ3v) is 6.72. The number of urea groups is 1. The maximum Gasteiger partial charge on any atom is 0.355 e. The van der Waals surface area contributed by atoms with Crippen molar-refractivity contribution in [3.63, 3.8) is 0 Å². The number of aromatic carboxylic acids is 1. The molecule has 1 aromatic heterocycles. The first-order chi connectivity index (χ1) is 15.0. The number of rotatable bonds is 5. The molecule has 1 aliphatic rings. The lowest BCUT2D eigenvalue weighted by molar-refractivity contribution is 0.0691. The zero-order valence-corrected chi connectivity index (χ0v) is 18.2. The van der Waals surface area contributed by atoms with Crippen LogP contribution in [-0.2, 0) is 6.42 Å². The summed E-state index contributed by atoms with van der Waals surface area (Å²) in [6.45, 7) is 3.36. The fourth-order valence-corrected chi connectivity index (χ4v) is 4.83.